The second-order valence-electron chi connectivity index (χ2n) is 5.07. The molecule has 0 aromatic heterocycles. The van der Waals surface area contributed by atoms with Gasteiger partial charge in [0.05, 0.1) is 0 Å². The summed E-state index contributed by atoms with van der Waals surface area (Å²) in [5.41, 5.74) is 5.49. The Hall–Kier alpha value is -1.10. The van der Waals surface area contributed by atoms with E-state index in [1.54, 1.807) is 0 Å². The van der Waals surface area contributed by atoms with Gasteiger partial charge >= 0.3 is 0 Å². The molecule has 0 aromatic carbocycles. The molecule has 1 unspecified atom stereocenters. The van der Waals surface area contributed by atoms with Crippen molar-refractivity contribution >= 4 is 11.8 Å². The number of likely N-dealkylation sites (tertiary alicyclic amines) is 1. The van der Waals surface area contributed by atoms with E-state index >= 15 is 0 Å². The van der Waals surface area contributed by atoms with Crippen LogP contribution in [0.25, 0.3) is 0 Å². The normalized spacial score (nSPS) is 16.7. The van der Waals surface area contributed by atoms with Gasteiger partial charge in [0, 0.05) is 32.5 Å². The maximum Gasteiger partial charge on any atom is 0.224 e. The average Bonchev–Trinajstić information content (AvgIpc) is 2.89. The fourth-order valence-corrected chi connectivity index (χ4v) is 2.02. The molecule has 0 spiro atoms. The number of nitrogens with one attached hydrogen (secondary N) is 1. The Morgan fingerprint density at radius 3 is 2.56 bits per heavy atom. The minimum absolute atomic E-state index is 0.0181. The van der Waals surface area contributed by atoms with E-state index in [-0.39, 0.29) is 11.8 Å². The molecular formula is C13H25N3O2. The van der Waals surface area contributed by atoms with Crippen molar-refractivity contribution in [3.05, 3.63) is 0 Å². The molecule has 3 N–H and O–H groups in total. The van der Waals surface area contributed by atoms with Crippen molar-refractivity contribution in [2.45, 2.75) is 39.0 Å². The number of nitrogens with zero attached hydrogens (tertiary/aromatic N) is 1. The first-order valence-electron chi connectivity index (χ1n) is 6.88. The first kappa shape index (κ1) is 15.0. The SMILES string of the molecule is CC(CN)CCC(=O)NCCC(=O)N1CCCC1. The summed E-state index contributed by atoms with van der Waals surface area (Å²) in [7, 11) is 0. The summed E-state index contributed by atoms with van der Waals surface area (Å²) < 4.78 is 0. The monoisotopic (exact) mass is 255 g/mol. The predicted octanol–water partition coefficient (Wildman–Crippen LogP) is 0.490. The van der Waals surface area contributed by atoms with Crippen LogP contribution in [-0.4, -0.2) is 42.9 Å². The number of rotatable bonds is 7. The third-order valence-corrected chi connectivity index (χ3v) is 3.39. The molecule has 1 rings (SSSR count). The Morgan fingerprint density at radius 2 is 1.94 bits per heavy atom. The number of carbonyl (C=O) groups excluding carboxylic acids is 2. The maximum absolute atomic E-state index is 11.7. The molecule has 0 radical (unpaired) electrons. The van der Waals surface area contributed by atoms with E-state index in [9.17, 15) is 9.59 Å². The number of nitrogens with two attached hydrogens (primary N) is 1. The summed E-state index contributed by atoms with van der Waals surface area (Å²) in [5.74, 6) is 0.551. The van der Waals surface area contributed by atoms with E-state index in [2.05, 4.69) is 5.32 Å². The van der Waals surface area contributed by atoms with Gasteiger partial charge in [-0.3, -0.25) is 9.59 Å². The molecule has 1 atom stereocenters. The topological polar surface area (TPSA) is 75.4 Å². The zero-order chi connectivity index (χ0) is 13.4. The van der Waals surface area contributed by atoms with Gasteiger partial charge in [-0.1, -0.05) is 6.92 Å². The van der Waals surface area contributed by atoms with Crippen LogP contribution in [0.1, 0.15) is 39.0 Å². The van der Waals surface area contributed by atoms with Gasteiger partial charge in [0.15, 0.2) is 0 Å². The lowest BCUT2D eigenvalue weighted by Crippen LogP contribution is -2.32. The van der Waals surface area contributed by atoms with Crippen LogP contribution in [-0.2, 0) is 9.59 Å². The molecule has 1 saturated heterocycles. The lowest BCUT2D eigenvalue weighted by molar-refractivity contribution is -0.130. The molecule has 1 fully saturated rings. The van der Waals surface area contributed by atoms with Crippen LogP contribution < -0.4 is 11.1 Å². The second-order valence-corrected chi connectivity index (χ2v) is 5.07. The third-order valence-electron chi connectivity index (χ3n) is 3.39. The fraction of sp³-hybridized carbons (Fsp3) is 0.846. The molecule has 104 valence electrons. The highest BCUT2D eigenvalue weighted by Crippen LogP contribution is 2.08. The third kappa shape index (κ3) is 5.49. The molecule has 0 bridgehead atoms. The Labute approximate surface area is 109 Å². The Morgan fingerprint density at radius 1 is 1.28 bits per heavy atom. The highest BCUT2D eigenvalue weighted by molar-refractivity contribution is 5.79. The van der Waals surface area contributed by atoms with E-state index in [0.29, 0.717) is 31.8 Å². The molecule has 2 amide bonds. The largest absolute Gasteiger partial charge is 0.356 e. The van der Waals surface area contributed by atoms with Crippen LogP contribution in [0.4, 0.5) is 0 Å². The van der Waals surface area contributed by atoms with Crippen molar-refractivity contribution in [2.24, 2.45) is 11.7 Å². The van der Waals surface area contributed by atoms with E-state index in [1.807, 2.05) is 11.8 Å². The lowest BCUT2D eigenvalue weighted by atomic mass is 10.1. The lowest BCUT2D eigenvalue weighted by Gasteiger charge is -2.15. The zero-order valence-electron chi connectivity index (χ0n) is 11.3. The molecule has 0 aliphatic carbocycles. The minimum Gasteiger partial charge on any atom is -0.356 e. The quantitative estimate of drug-likeness (QED) is 0.695. The van der Waals surface area contributed by atoms with Crippen LogP contribution in [0, 0.1) is 5.92 Å². The standard InChI is InChI=1S/C13H25N3O2/c1-11(10-14)4-5-12(17)15-7-6-13(18)16-8-2-3-9-16/h11H,2-10,14H2,1H3,(H,15,17). The van der Waals surface area contributed by atoms with Gasteiger partial charge in [0.25, 0.3) is 0 Å². The van der Waals surface area contributed by atoms with Gasteiger partial charge in [-0.15, -0.1) is 0 Å². The van der Waals surface area contributed by atoms with E-state index in [0.717, 1.165) is 32.4 Å². The molecular weight excluding hydrogens is 230 g/mol. The molecule has 1 aliphatic heterocycles. The van der Waals surface area contributed by atoms with Gasteiger partial charge in [-0.05, 0) is 31.7 Å². The van der Waals surface area contributed by atoms with Gasteiger partial charge < -0.3 is 16.0 Å². The molecule has 5 heteroatoms. The second kappa shape index (κ2) is 8.08. The number of hydrogen-bond donors (Lipinski definition) is 2. The first-order valence-corrected chi connectivity index (χ1v) is 6.88. The summed E-state index contributed by atoms with van der Waals surface area (Å²) in [6.45, 7) is 4.84. The molecule has 1 aliphatic rings. The van der Waals surface area contributed by atoms with Gasteiger partial charge in [-0.25, -0.2) is 0 Å². The summed E-state index contributed by atoms with van der Waals surface area (Å²) in [6.07, 6.45) is 3.93. The van der Waals surface area contributed by atoms with Crippen molar-refractivity contribution in [1.82, 2.24) is 10.2 Å². The minimum atomic E-state index is 0.0181. The molecule has 0 aromatic rings. The summed E-state index contributed by atoms with van der Waals surface area (Å²) >= 11 is 0. The number of amides is 2. The van der Waals surface area contributed by atoms with Gasteiger partial charge in [-0.2, -0.15) is 0 Å². The van der Waals surface area contributed by atoms with Crippen LogP contribution in [0.15, 0.2) is 0 Å². The van der Waals surface area contributed by atoms with Crippen molar-refractivity contribution < 1.29 is 9.59 Å². The van der Waals surface area contributed by atoms with Crippen LogP contribution in [0.2, 0.25) is 0 Å². The summed E-state index contributed by atoms with van der Waals surface area (Å²) in [4.78, 5) is 25.1. The molecule has 0 saturated carbocycles. The van der Waals surface area contributed by atoms with Crippen molar-refractivity contribution in [3.63, 3.8) is 0 Å². The van der Waals surface area contributed by atoms with E-state index in [1.165, 1.54) is 0 Å². The van der Waals surface area contributed by atoms with Crippen LogP contribution >= 0.6 is 0 Å². The summed E-state index contributed by atoms with van der Waals surface area (Å²) in [5, 5.41) is 2.79. The molecule has 5 nitrogen and oxygen atoms in total. The average molecular weight is 255 g/mol. The predicted molar refractivity (Wildman–Crippen MR) is 70.9 cm³/mol. The van der Waals surface area contributed by atoms with Gasteiger partial charge in [0.2, 0.25) is 11.8 Å². The smallest absolute Gasteiger partial charge is 0.224 e. The number of hydrogen-bond acceptors (Lipinski definition) is 3. The maximum atomic E-state index is 11.7. The fourth-order valence-electron chi connectivity index (χ4n) is 2.02. The van der Waals surface area contributed by atoms with Gasteiger partial charge in [0.1, 0.15) is 0 Å². The Balaban J connectivity index is 2.06. The number of carbonyl (C=O) groups is 2. The highest BCUT2D eigenvalue weighted by Gasteiger charge is 2.17. The molecule has 1 heterocycles. The highest BCUT2D eigenvalue weighted by atomic mass is 16.2. The van der Waals surface area contributed by atoms with E-state index in [4.69, 9.17) is 5.73 Å². The zero-order valence-corrected chi connectivity index (χ0v) is 11.3. The van der Waals surface area contributed by atoms with Crippen molar-refractivity contribution in [1.29, 1.82) is 0 Å². The Kier molecular flexibility index (Phi) is 6.72. The van der Waals surface area contributed by atoms with E-state index < -0.39 is 0 Å². The molecule has 18 heavy (non-hydrogen) atoms. The van der Waals surface area contributed by atoms with Crippen LogP contribution in [0.3, 0.4) is 0 Å². The van der Waals surface area contributed by atoms with Crippen LogP contribution in [0.5, 0.6) is 0 Å². The summed E-state index contributed by atoms with van der Waals surface area (Å²) in [6, 6.07) is 0. The van der Waals surface area contributed by atoms with Crippen molar-refractivity contribution in [3.8, 4) is 0 Å². The Bertz CT molecular complexity index is 275. The first-order chi connectivity index (χ1) is 8.63. The van der Waals surface area contributed by atoms with Crippen molar-refractivity contribution in [2.75, 3.05) is 26.2 Å².